The van der Waals surface area contributed by atoms with Gasteiger partial charge in [-0.25, -0.2) is 0 Å². The summed E-state index contributed by atoms with van der Waals surface area (Å²) in [5.41, 5.74) is 7.98. The smallest absolute Gasteiger partial charge is 0.122 e. The molecule has 2 atom stereocenters. The normalized spacial score (nSPS) is 14.6. The van der Waals surface area contributed by atoms with Gasteiger partial charge in [0.05, 0.1) is 13.2 Å². The zero-order valence-electron chi connectivity index (χ0n) is 10.2. The van der Waals surface area contributed by atoms with Crippen LogP contribution in [0.2, 0.25) is 0 Å². The Morgan fingerprint density at radius 1 is 1.44 bits per heavy atom. The first-order chi connectivity index (χ1) is 7.56. The number of nitrogens with two attached hydrogens (primary N) is 1. The standard InChI is InChI=1S/C13H21NO2/c1-9-5-4-6-13(16-3)11(9)7-8-12(15)10(2)14/h4-6,10,12,15H,7-8,14H2,1-3H3. The Labute approximate surface area is 97.2 Å². The molecule has 0 bridgehead atoms. The van der Waals surface area contributed by atoms with Crippen LogP contribution in [0.5, 0.6) is 5.75 Å². The van der Waals surface area contributed by atoms with Crippen LogP contribution >= 0.6 is 0 Å². The summed E-state index contributed by atoms with van der Waals surface area (Å²) in [6.45, 7) is 3.87. The van der Waals surface area contributed by atoms with E-state index < -0.39 is 6.10 Å². The van der Waals surface area contributed by atoms with Crippen LogP contribution in [0.15, 0.2) is 18.2 Å². The number of hydrogen-bond donors (Lipinski definition) is 2. The van der Waals surface area contributed by atoms with Crippen molar-refractivity contribution >= 4 is 0 Å². The summed E-state index contributed by atoms with van der Waals surface area (Å²) in [7, 11) is 1.67. The molecule has 0 spiro atoms. The molecular formula is C13H21NO2. The fraction of sp³-hybridized carbons (Fsp3) is 0.538. The van der Waals surface area contributed by atoms with Crippen LogP contribution in [-0.4, -0.2) is 24.4 Å². The van der Waals surface area contributed by atoms with Crippen molar-refractivity contribution in [3.63, 3.8) is 0 Å². The molecule has 0 aliphatic carbocycles. The molecule has 0 saturated carbocycles. The Morgan fingerprint density at radius 3 is 2.69 bits per heavy atom. The molecule has 16 heavy (non-hydrogen) atoms. The number of ether oxygens (including phenoxy) is 1. The van der Waals surface area contributed by atoms with Gasteiger partial charge in [-0.2, -0.15) is 0 Å². The van der Waals surface area contributed by atoms with Crippen molar-refractivity contribution in [3.8, 4) is 5.75 Å². The van der Waals surface area contributed by atoms with E-state index in [-0.39, 0.29) is 6.04 Å². The number of aliphatic hydroxyl groups excluding tert-OH is 1. The van der Waals surface area contributed by atoms with Gasteiger partial charge in [0.15, 0.2) is 0 Å². The summed E-state index contributed by atoms with van der Waals surface area (Å²) in [6.07, 6.45) is 1.00. The van der Waals surface area contributed by atoms with Crippen LogP contribution in [0.25, 0.3) is 0 Å². The SMILES string of the molecule is COc1cccc(C)c1CCC(O)C(C)N. The van der Waals surface area contributed by atoms with E-state index in [1.807, 2.05) is 19.1 Å². The fourth-order valence-electron chi connectivity index (χ4n) is 1.74. The minimum atomic E-state index is -0.454. The van der Waals surface area contributed by atoms with E-state index in [0.717, 1.165) is 17.7 Å². The highest BCUT2D eigenvalue weighted by atomic mass is 16.5. The highest BCUT2D eigenvalue weighted by Gasteiger charge is 2.12. The Kier molecular flexibility index (Phi) is 4.77. The predicted molar refractivity (Wildman–Crippen MR) is 65.7 cm³/mol. The quantitative estimate of drug-likeness (QED) is 0.798. The second-order valence-corrected chi connectivity index (χ2v) is 4.22. The molecule has 0 aromatic heterocycles. The topological polar surface area (TPSA) is 55.5 Å². The lowest BCUT2D eigenvalue weighted by atomic mass is 9.99. The van der Waals surface area contributed by atoms with E-state index in [4.69, 9.17) is 10.5 Å². The third kappa shape index (κ3) is 3.22. The zero-order valence-corrected chi connectivity index (χ0v) is 10.2. The summed E-state index contributed by atoms with van der Waals surface area (Å²) in [5, 5.41) is 9.68. The molecule has 3 nitrogen and oxygen atoms in total. The Bertz CT molecular complexity index is 337. The molecule has 1 rings (SSSR count). The van der Waals surface area contributed by atoms with E-state index in [1.165, 1.54) is 5.56 Å². The Balaban J connectivity index is 2.73. The molecule has 0 radical (unpaired) electrons. The average molecular weight is 223 g/mol. The van der Waals surface area contributed by atoms with E-state index >= 15 is 0 Å². The number of benzene rings is 1. The van der Waals surface area contributed by atoms with Crippen molar-refractivity contribution in [3.05, 3.63) is 29.3 Å². The number of aryl methyl sites for hydroxylation is 1. The third-order valence-electron chi connectivity index (χ3n) is 2.88. The predicted octanol–water partition coefficient (Wildman–Crippen LogP) is 1.64. The van der Waals surface area contributed by atoms with Crippen LogP contribution in [0.3, 0.4) is 0 Å². The van der Waals surface area contributed by atoms with Gasteiger partial charge in [-0.05, 0) is 43.9 Å². The lowest BCUT2D eigenvalue weighted by Crippen LogP contribution is -2.31. The van der Waals surface area contributed by atoms with E-state index in [1.54, 1.807) is 7.11 Å². The maximum absolute atomic E-state index is 9.68. The van der Waals surface area contributed by atoms with Gasteiger partial charge in [-0.15, -0.1) is 0 Å². The first-order valence-electron chi connectivity index (χ1n) is 5.62. The number of aliphatic hydroxyl groups is 1. The van der Waals surface area contributed by atoms with Crippen molar-refractivity contribution < 1.29 is 9.84 Å². The number of hydrogen-bond acceptors (Lipinski definition) is 3. The maximum atomic E-state index is 9.68. The van der Waals surface area contributed by atoms with Crippen LogP contribution in [0.1, 0.15) is 24.5 Å². The van der Waals surface area contributed by atoms with Gasteiger partial charge in [-0.1, -0.05) is 12.1 Å². The van der Waals surface area contributed by atoms with Crippen molar-refractivity contribution in [2.24, 2.45) is 5.73 Å². The second kappa shape index (κ2) is 5.87. The monoisotopic (exact) mass is 223 g/mol. The maximum Gasteiger partial charge on any atom is 0.122 e. The first kappa shape index (κ1) is 13.0. The van der Waals surface area contributed by atoms with Crippen LogP contribution in [-0.2, 0) is 6.42 Å². The minimum Gasteiger partial charge on any atom is -0.496 e. The van der Waals surface area contributed by atoms with Crippen molar-refractivity contribution in [2.75, 3.05) is 7.11 Å². The largest absolute Gasteiger partial charge is 0.496 e. The molecule has 3 heteroatoms. The zero-order chi connectivity index (χ0) is 12.1. The van der Waals surface area contributed by atoms with Crippen molar-refractivity contribution in [1.29, 1.82) is 0 Å². The van der Waals surface area contributed by atoms with Crippen LogP contribution in [0, 0.1) is 6.92 Å². The summed E-state index contributed by atoms with van der Waals surface area (Å²) >= 11 is 0. The summed E-state index contributed by atoms with van der Waals surface area (Å²) < 4.78 is 5.31. The van der Waals surface area contributed by atoms with Gasteiger partial charge in [0, 0.05) is 6.04 Å². The molecule has 90 valence electrons. The molecule has 2 unspecified atom stereocenters. The summed E-state index contributed by atoms with van der Waals surface area (Å²) in [6, 6.07) is 5.78. The summed E-state index contributed by atoms with van der Waals surface area (Å²) in [4.78, 5) is 0. The van der Waals surface area contributed by atoms with Crippen molar-refractivity contribution in [2.45, 2.75) is 38.8 Å². The van der Waals surface area contributed by atoms with Gasteiger partial charge in [0.25, 0.3) is 0 Å². The van der Waals surface area contributed by atoms with Gasteiger partial charge >= 0.3 is 0 Å². The molecule has 0 amide bonds. The molecule has 0 saturated heterocycles. The average Bonchev–Trinajstić information content (AvgIpc) is 2.26. The Morgan fingerprint density at radius 2 is 2.12 bits per heavy atom. The highest BCUT2D eigenvalue weighted by molar-refractivity contribution is 5.39. The molecule has 0 aliphatic heterocycles. The molecular weight excluding hydrogens is 202 g/mol. The van der Waals surface area contributed by atoms with E-state index in [2.05, 4.69) is 13.0 Å². The highest BCUT2D eigenvalue weighted by Crippen LogP contribution is 2.23. The lowest BCUT2D eigenvalue weighted by Gasteiger charge is -2.16. The van der Waals surface area contributed by atoms with Crippen molar-refractivity contribution in [1.82, 2.24) is 0 Å². The van der Waals surface area contributed by atoms with Crippen LogP contribution in [0.4, 0.5) is 0 Å². The number of rotatable bonds is 5. The van der Waals surface area contributed by atoms with Gasteiger partial charge in [-0.3, -0.25) is 0 Å². The Hall–Kier alpha value is -1.06. The van der Waals surface area contributed by atoms with Gasteiger partial charge in [0.2, 0.25) is 0 Å². The fourth-order valence-corrected chi connectivity index (χ4v) is 1.74. The van der Waals surface area contributed by atoms with E-state index in [0.29, 0.717) is 6.42 Å². The lowest BCUT2D eigenvalue weighted by molar-refractivity contribution is 0.141. The number of methoxy groups -OCH3 is 1. The molecule has 3 N–H and O–H groups in total. The van der Waals surface area contributed by atoms with Gasteiger partial charge in [0.1, 0.15) is 5.75 Å². The second-order valence-electron chi connectivity index (χ2n) is 4.22. The molecule has 1 aromatic carbocycles. The molecule has 0 fully saturated rings. The van der Waals surface area contributed by atoms with E-state index in [9.17, 15) is 5.11 Å². The minimum absolute atomic E-state index is 0.185. The molecule has 1 aromatic rings. The molecule has 0 heterocycles. The van der Waals surface area contributed by atoms with Gasteiger partial charge < -0.3 is 15.6 Å². The third-order valence-corrected chi connectivity index (χ3v) is 2.88. The molecule has 0 aliphatic rings. The summed E-state index contributed by atoms with van der Waals surface area (Å²) in [5.74, 6) is 0.886. The van der Waals surface area contributed by atoms with Crippen LogP contribution < -0.4 is 10.5 Å². The first-order valence-corrected chi connectivity index (χ1v) is 5.62.